The molecule has 0 heterocycles. The van der Waals surface area contributed by atoms with Crippen molar-refractivity contribution in [1.29, 1.82) is 0 Å². The summed E-state index contributed by atoms with van der Waals surface area (Å²) in [4.78, 5) is 0. The van der Waals surface area contributed by atoms with Gasteiger partial charge in [0, 0.05) is 6.04 Å². The highest BCUT2D eigenvalue weighted by molar-refractivity contribution is 4.85. The van der Waals surface area contributed by atoms with E-state index in [1.54, 1.807) is 0 Å². The Bertz CT molecular complexity index is 127. The molecule has 70 valence electrons. The second kappa shape index (κ2) is 8.54. The van der Waals surface area contributed by atoms with Crippen LogP contribution < -0.4 is 5.73 Å². The summed E-state index contributed by atoms with van der Waals surface area (Å²) in [5, 5.41) is 0. The minimum atomic E-state index is 0.348. The molecule has 0 amide bonds. The van der Waals surface area contributed by atoms with Gasteiger partial charge in [-0.15, -0.1) is 6.58 Å². The molecule has 0 aliphatic heterocycles. The Morgan fingerprint density at radius 3 is 2.67 bits per heavy atom. The van der Waals surface area contributed by atoms with Gasteiger partial charge in [-0.3, -0.25) is 0 Å². The van der Waals surface area contributed by atoms with E-state index < -0.39 is 0 Å². The SMILES string of the molecule is C=CCCCC=CCC(N)CC. The minimum absolute atomic E-state index is 0.348. The molecule has 1 heteroatoms. The first-order valence-electron chi connectivity index (χ1n) is 4.82. The number of hydrogen-bond donors (Lipinski definition) is 1. The van der Waals surface area contributed by atoms with Crippen LogP contribution >= 0.6 is 0 Å². The van der Waals surface area contributed by atoms with Crippen molar-refractivity contribution >= 4 is 0 Å². The van der Waals surface area contributed by atoms with E-state index in [9.17, 15) is 0 Å². The highest BCUT2D eigenvalue weighted by Crippen LogP contribution is 2.00. The van der Waals surface area contributed by atoms with Gasteiger partial charge in [0.1, 0.15) is 0 Å². The van der Waals surface area contributed by atoms with E-state index in [0.717, 1.165) is 25.7 Å². The van der Waals surface area contributed by atoms with Crippen LogP contribution in [0.4, 0.5) is 0 Å². The van der Waals surface area contributed by atoms with Gasteiger partial charge in [0.2, 0.25) is 0 Å². The average molecular weight is 167 g/mol. The zero-order chi connectivity index (χ0) is 9.23. The van der Waals surface area contributed by atoms with Crippen LogP contribution in [0.3, 0.4) is 0 Å². The summed E-state index contributed by atoms with van der Waals surface area (Å²) in [6.45, 7) is 5.80. The lowest BCUT2D eigenvalue weighted by Gasteiger charge is -2.02. The normalized spacial score (nSPS) is 13.5. The molecule has 2 N–H and O–H groups in total. The van der Waals surface area contributed by atoms with Gasteiger partial charge < -0.3 is 5.73 Å². The quantitative estimate of drug-likeness (QED) is 0.458. The summed E-state index contributed by atoms with van der Waals surface area (Å²) in [6.07, 6.45) is 11.9. The molecule has 0 saturated heterocycles. The maximum absolute atomic E-state index is 5.75. The molecule has 0 aromatic rings. The molecule has 0 spiro atoms. The molecule has 1 atom stereocenters. The van der Waals surface area contributed by atoms with Crippen molar-refractivity contribution in [2.45, 2.75) is 45.1 Å². The largest absolute Gasteiger partial charge is 0.327 e. The lowest BCUT2D eigenvalue weighted by atomic mass is 10.1. The smallest absolute Gasteiger partial charge is 0.00707 e. The molecule has 0 aliphatic carbocycles. The highest BCUT2D eigenvalue weighted by Gasteiger charge is 1.92. The Morgan fingerprint density at radius 1 is 1.33 bits per heavy atom. The molecule has 0 radical (unpaired) electrons. The van der Waals surface area contributed by atoms with Crippen molar-refractivity contribution in [3.05, 3.63) is 24.8 Å². The molecule has 0 fully saturated rings. The lowest BCUT2D eigenvalue weighted by Crippen LogP contribution is -2.16. The number of hydrogen-bond acceptors (Lipinski definition) is 1. The second-order valence-corrected chi connectivity index (χ2v) is 3.10. The molecule has 0 aliphatic rings. The molecule has 0 aromatic carbocycles. The maximum atomic E-state index is 5.75. The number of rotatable bonds is 7. The zero-order valence-corrected chi connectivity index (χ0v) is 8.13. The van der Waals surface area contributed by atoms with Gasteiger partial charge in [-0.05, 0) is 32.1 Å². The van der Waals surface area contributed by atoms with Gasteiger partial charge in [-0.1, -0.05) is 25.2 Å². The lowest BCUT2D eigenvalue weighted by molar-refractivity contribution is 0.658. The number of allylic oxidation sites excluding steroid dienone is 2. The van der Waals surface area contributed by atoms with E-state index in [2.05, 4.69) is 25.7 Å². The van der Waals surface area contributed by atoms with Crippen LogP contribution in [0.5, 0.6) is 0 Å². The Balaban J connectivity index is 3.19. The molecule has 0 saturated carbocycles. The van der Waals surface area contributed by atoms with Gasteiger partial charge in [-0.25, -0.2) is 0 Å². The maximum Gasteiger partial charge on any atom is 0.00707 e. The van der Waals surface area contributed by atoms with E-state index in [0.29, 0.717) is 6.04 Å². The van der Waals surface area contributed by atoms with Gasteiger partial charge in [-0.2, -0.15) is 0 Å². The fourth-order valence-corrected chi connectivity index (χ4v) is 0.936. The average Bonchev–Trinajstić information content (AvgIpc) is 2.10. The van der Waals surface area contributed by atoms with Crippen molar-refractivity contribution in [3.8, 4) is 0 Å². The first-order chi connectivity index (χ1) is 5.81. The third-order valence-electron chi connectivity index (χ3n) is 1.91. The Kier molecular flexibility index (Phi) is 8.14. The monoisotopic (exact) mass is 167 g/mol. The summed E-state index contributed by atoms with van der Waals surface area (Å²) in [6, 6.07) is 0.348. The van der Waals surface area contributed by atoms with Crippen LogP contribution in [-0.4, -0.2) is 6.04 Å². The van der Waals surface area contributed by atoms with E-state index in [1.165, 1.54) is 6.42 Å². The molecule has 0 bridgehead atoms. The van der Waals surface area contributed by atoms with Gasteiger partial charge in [0.15, 0.2) is 0 Å². The fraction of sp³-hybridized carbons (Fsp3) is 0.636. The fourth-order valence-electron chi connectivity index (χ4n) is 0.936. The Hall–Kier alpha value is -0.560. The highest BCUT2D eigenvalue weighted by atomic mass is 14.6. The van der Waals surface area contributed by atoms with Crippen LogP contribution in [0.15, 0.2) is 24.8 Å². The summed E-state index contributed by atoms with van der Waals surface area (Å²) >= 11 is 0. The standard InChI is InChI=1S/C11H21N/c1-3-5-6-7-8-9-10-11(12)4-2/h3,8-9,11H,1,4-7,10,12H2,2H3. The molecule has 0 aromatic heterocycles. The summed E-state index contributed by atoms with van der Waals surface area (Å²) in [7, 11) is 0. The van der Waals surface area contributed by atoms with E-state index in [4.69, 9.17) is 5.73 Å². The summed E-state index contributed by atoms with van der Waals surface area (Å²) in [5.74, 6) is 0. The molecular weight excluding hydrogens is 146 g/mol. The van der Waals surface area contributed by atoms with E-state index >= 15 is 0 Å². The van der Waals surface area contributed by atoms with Crippen molar-refractivity contribution in [1.82, 2.24) is 0 Å². The first-order valence-corrected chi connectivity index (χ1v) is 4.82. The topological polar surface area (TPSA) is 26.0 Å². The summed E-state index contributed by atoms with van der Waals surface area (Å²) in [5.41, 5.74) is 5.75. The van der Waals surface area contributed by atoms with Gasteiger partial charge in [0.05, 0.1) is 0 Å². The number of nitrogens with two attached hydrogens (primary N) is 1. The van der Waals surface area contributed by atoms with Crippen LogP contribution in [0, 0.1) is 0 Å². The van der Waals surface area contributed by atoms with Crippen LogP contribution in [-0.2, 0) is 0 Å². The Labute approximate surface area is 76.3 Å². The predicted molar refractivity (Wildman–Crippen MR) is 56.1 cm³/mol. The third kappa shape index (κ3) is 7.55. The van der Waals surface area contributed by atoms with Crippen LogP contribution in [0.25, 0.3) is 0 Å². The van der Waals surface area contributed by atoms with Crippen molar-refractivity contribution < 1.29 is 0 Å². The molecule has 1 nitrogen and oxygen atoms in total. The van der Waals surface area contributed by atoms with Crippen molar-refractivity contribution in [3.63, 3.8) is 0 Å². The second-order valence-electron chi connectivity index (χ2n) is 3.10. The molecule has 1 unspecified atom stereocenters. The van der Waals surface area contributed by atoms with Gasteiger partial charge >= 0.3 is 0 Å². The zero-order valence-electron chi connectivity index (χ0n) is 8.13. The predicted octanol–water partition coefficient (Wildman–Crippen LogP) is 3.03. The first kappa shape index (κ1) is 11.4. The van der Waals surface area contributed by atoms with Crippen molar-refractivity contribution in [2.24, 2.45) is 5.73 Å². The van der Waals surface area contributed by atoms with Crippen molar-refractivity contribution in [2.75, 3.05) is 0 Å². The minimum Gasteiger partial charge on any atom is -0.327 e. The van der Waals surface area contributed by atoms with E-state index in [1.807, 2.05) is 6.08 Å². The molecule has 0 rings (SSSR count). The van der Waals surface area contributed by atoms with Crippen LogP contribution in [0.2, 0.25) is 0 Å². The number of unbranched alkanes of at least 4 members (excludes halogenated alkanes) is 2. The molecular formula is C11H21N. The third-order valence-corrected chi connectivity index (χ3v) is 1.91. The Morgan fingerprint density at radius 2 is 2.08 bits per heavy atom. The summed E-state index contributed by atoms with van der Waals surface area (Å²) < 4.78 is 0. The van der Waals surface area contributed by atoms with Crippen LogP contribution in [0.1, 0.15) is 39.0 Å². The van der Waals surface area contributed by atoms with Gasteiger partial charge in [0.25, 0.3) is 0 Å². The van der Waals surface area contributed by atoms with E-state index in [-0.39, 0.29) is 0 Å². The molecule has 12 heavy (non-hydrogen) atoms.